The average Bonchev–Trinajstić information content (AvgIpc) is 2.19. The molecule has 1 atom stereocenters. The minimum Gasteiger partial charge on any atom is -0.508 e. The Morgan fingerprint density at radius 2 is 2.40 bits per heavy atom. The first-order chi connectivity index (χ1) is 7.17. The molecule has 0 radical (unpaired) electrons. The number of aromatic hydroxyl groups is 1. The fraction of sp³-hybridized carbons (Fsp3) is 0.273. The lowest BCUT2D eigenvalue weighted by molar-refractivity contribution is -0.118. The second-order valence-corrected chi connectivity index (χ2v) is 3.13. The van der Waals surface area contributed by atoms with Gasteiger partial charge in [-0.2, -0.15) is 5.26 Å². The molecular weight excluding hydrogens is 192 g/mol. The zero-order valence-electron chi connectivity index (χ0n) is 8.40. The predicted molar refractivity (Wildman–Crippen MR) is 56.1 cm³/mol. The van der Waals surface area contributed by atoms with Crippen LogP contribution in [0.4, 0.5) is 5.69 Å². The highest BCUT2D eigenvalue weighted by atomic mass is 16.3. The second-order valence-electron chi connectivity index (χ2n) is 3.13. The number of nitrogens with one attached hydrogen (secondary N) is 1. The number of amides is 1. The summed E-state index contributed by atoms with van der Waals surface area (Å²) < 4.78 is 0. The van der Waals surface area contributed by atoms with Crippen LogP contribution in [0.15, 0.2) is 24.3 Å². The number of anilines is 1. The third-order valence-corrected chi connectivity index (χ3v) is 1.99. The molecule has 0 aliphatic rings. The number of nitriles is 1. The van der Waals surface area contributed by atoms with Gasteiger partial charge in [-0.15, -0.1) is 0 Å². The molecule has 1 unspecified atom stereocenters. The maximum Gasteiger partial charge on any atom is 0.241 e. The Labute approximate surface area is 88.2 Å². The Hall–Kier alpha value is -2.02. The van der Waals surface area contributed by atoms with E-state index in [9.17, 15) is 4.79 Å². The summed E-state index contributed by atoms with van der Waals surface area (Å²) in [5, 5.41) is 20.4. The van der Waals surface area contributed by atoms with Crippen molar-refractivity contribution in [3.8, 4) is 11.8 Å². The molecule has 0 spiro atoms. The van der Waals surface area contributed by atoms with Crippen molar-refractivity contribution in [2.45, 2.75) is 13.3 Å². The van der Waals surface area contributed by atoms with Gasteiger partial charge < -0.3 is 10.4 Å². The SMILES string of the molecule is CCC(C#N)C(=O)Nc1cccc(O)c1. The highest BCUT2D eigenvalue weighted by Gasteiger charge is 2.15. The van der Waals surface area contributed by atoms with Crippen molar-refractivity contribution in [2.24, 2.45) is 5.92 Å². The molecule has 0 fully saturated rings. The first kappa shape index (κ1) is 11.1. The van der Waals surface area contributed by atoms with E-state index in [2.05, 4.69) is 5.32 Å². The van der Waals surface area contributed by atoms with Crippen LogP contribution in [0.5, 0.6) is 5.75 Å². The van der Waals surface area contributed by atoms with E-state index in [1.807, 2.05) is 6.07 Å². The summed E-state index contributed by atoms with van der Waals surface area (Å²) in [6.07, 6.45) is 0.473. The number of carbonyl (C=O) groups excluding carboxylic acids is 1. The zero-order valence-corrected chi connectivity index (χ0v) is 8.40. The molecule has 0 aliphatic carbocycles. The van der Waals surface area contributed by atoms with E-state index in [4.69, 9.17) is 10.4 Å². The lowest BCUT2D eigenvalue weighted by Gasteiger charge is -2.07. The molecule has 0 saturated carbocycles. The third kappa shape index (κ3) is 2.99. The van der Waals surface area contributed by atoms with Crippen molar-refractivity contribution in [3.63, 3.8) is 0 Å². The van der Waals surface area contributed by atoms with E-state index in [0.717, 1.165) is 0 Å². The molecule has 1 rings (SSSR count). The van der Waals surface area contributed by atoms with Gasteiger partial charge >= 0.3 is 0 Å². The van der Waals surface area contributed by atoms with Crippen LogP contribution in [-0.2, 0) is 4.79 Å². The molecule has 15 heavy (non-hydrogen) atoms. The summed E-state index contributed by atoms with van der Waals surface area (Å²) in [5.74, 6) is -0.907. The summed E-state index contributed by atoms with van der Waals surface area (Å²) in [7, 11) is 0. The Bertz CT molecular complexity index is 396. The number of rotatable bonds is 3. The second kappa shape index (κ2) is 5.01. The van der Waals surface area contributed by atoms with Gasteiger partial charge in [0.05, 0.1) is 6.07 Å². The number of nitrogens with zero attached hydrogens (tertiary/aromatic N) is 1. The van der Waals surface area contributed by atoms with Crippen molar-refractivity contribution in [3.05, 3.63) is 24.3 Å². The monoisotopic (exact) mass is 204 g/mol. The van der Waals surface area contributed by atoms with Crippen LogP contribution < -0.4 is 5.32 Å². The molecule has 0 saturated heterocycles. The van der Waals surface area contributed by atoms with Crippen LogP contribution in [0.2, 0.25) is 0 Å². The number of hydrogen-bond donors (Lipinski definition) is 2. The molecule has 4 heteroatoms. The van der Waals surface area contributed by atoms with Gasteiger partial charge in [0, 0.05) is 11.8 Å². The number of hydrogen-bond acceptors (Lipinski definition) is 3. The van der Waals surface area contributed by atoms with Crippen molar-refractivity contribution < 1.29 is 9.90 Å². The standard InChI is InChI=1S/C11H12N2O2/c1-2-8(7-12)11(15)13-9-4-3-5-10(14)6-9/h3-6,8,14H,2H2,1H3,(H,13,15). The molecule has 0 aliphatic heterocycles. The molecule has 1 amide bonds. The summed E-state index contributed by atoms with van der Waals surface area (Å²) in [6, 6.07) is 8.13. The molecule has 78 valence electrons. The number of carbonyl (C=O) groups is 1. The van der Waals surface area contributed by atoms with E-state index in [1.54, 1.807) is 19.1 Å². The summed E-state index contributed by atoms with van der Waals surface area (Å²) in [4.78, 5) is 11.5. The smallest absolute Gasteiger partial charge is 0.241 e. The fourth-order valence-electron chi connectivity index (χ4n) is 1.15. The van der Waals surface area contributed by atoms with Crippen molar-refractivity contribution in [1.29, 1.82) is 5.26 Å². The van der Waals surface area contributed by atoms with Gasteiger partial charge in [0.25, 0.3) is 0 Å². The van der Waals surface area contributed by atoms with Gasteiger partial charge in [-0.05, 0) is 18.6 Å². The molecular formula is C11H12N2O2. The van der Waals surface area contributed by atoms with E-state index in [0.29, 0.717) is 12.1 Å². The lowest BCUT2D eigenvalue weighted by atomic mass is 10.1. The van der Waals surface area contributed by atoms with Crippen LogP contribution in [0, 0.1) is 17.2 Å². The normalized spacial score (nSPS) is 11.5. The van der Waals surface area contributed by atoms with Crippen molar-refractivity contribution >= 4 is 11.6 Å². The maximum atomic E-state index is 11.5. The molecule has 4 nitrogen and oxygen atoms in total. The maximum absolute atomic E-state index is 11.5. The zero-order chi connectivity index (χ0) is 11.3. The van der Waals surface area contributed by atoms with Crippen LogP contribution >= 0.6 is 0 Å². The van der Waals surface area contributed by atoms with Gasteiger partial charge in [-0.3, -0.25) is 4.79 Å². The van der Waals surface area contributed by atoms with Gasteiger partial charge in [0.2, 0.25) is 5.91 Å². The van der Waals surface area contributed by atoms with Gasteiger partial charge in [-0.25, -0.2) is 0 Å². The number of phenolic OH excluding ortho intramolecular Hbond substituents is 1. The molecule has 2 N–H and O–H groups in total. The van der Waals surface area contributed by atoms with Crippen LogP contribution in [0.1, 0.15) is 13.3 Å². The van der Waals surface area contributed by atoms with Crippen LogP contribution in [0.25, 0.3) is 0 Å². The average molecular weight is 204 g/mol. The first-order valence-corrected chi connectivity index (χ1v) is 4.67. The molecule has 0 bridgehead atoms. The fourth-order valence-corrected chi connectivity index (χ4v) is 1.15. The van der Waals surface area contributed by atoms with Crippen molar-refractivity contribution in [1.82, 2.24) is 0 Å². The number of phenols is 1. The topological polar surface area (TPSA) is 73.1 Å². The highest BCUT2D eigenvalue weighted by Crippen LogP contribution is 2.16. The summed E-state index contributed by atoms with van der Waals surface area (Å²) in [5.41, 5.74) is 0.494. The van der Waals surface area contributed by atoms with Crippen LogP contribution in [-0.4, -0.2) is 11.0 Å². The molecule has 1 aromatic carbocycles. The van der Waals surface area contributed by atoms with Gasteiger partial charge in [-0.1, -0.05) is 13.0 Å². The minimum atomic E-state index is -0.646. The first-order valence-electron chi connectivity index (χ1n) is 4.67. The van der Waals surface area contributed by atoms with E-state index >= 15 is 0 Å². The molecule has 0 aromatic heterocycles. The molecule has 0 heterocycles. The Morgan fingerprint density at radius 3 is 2.93 bits per heavy atom. The summed E-state index contributed by atoms with van der Waals surface area (Å²) >= 11 is 0. The lowest BCUT2D eigenvalue weighted by Crippen LogP contribution is -2.20. The Balaban J connectivity index is 2.71. The third-order valence-electron chi connectivity index (χ3n) is 1.99. The summed E-state index contributed by atoms with van der Waals surface area (Å²) in [6.45, 7) is 1.77. The quantitative estimate of drug-likeness (QED) is 0.789. The number of benzene rings is 1. The minimum absolute atomic E-state index is 0.0813. The predicted octanol–water partition coefficient (Wildman–Crippen LogP) is 1.88. The largest absolute Gasteiger partial charge is 0.508 e. The van der Waals surface area contributed by atoms with E-state index < -0.39 is 5.92 Å². The highest BCUT2D eigenvalue weighted by molar-refractivity contribution is 5.94. The molecule has 1 aromatic rings. The van der Waals surface area contributed by atoms with E-state index in [-0.39, 0.29) is 11.7 Å². The Morgan fingerprint density at radius 1 is 1.67 bits per heavy atom. The van der Waals surface area contributed by atoms with Gasteiger partial charge in [0.15, 0.2) is 0 Å². The van der Waals surface area contributed by atoms with Crippen LogP contribution in [0.3, 0.4) is 0 Å². The van der Waals surface area contributed by atoms with Crippen molar-refractivity contribution in [2.75, 3.05) is 5.32 Å². The van der Waals surface area contributed by atoms with E-state index in [1.165, 1.54) is 12.1 Å². The Kier molecular flexibility index (Phi) is 3.69. The van der Waals surface area contributed by atoms with Gasteiger partial charge in [0.1, 0.15) is 11.7 Å².